The molecule has 0 unspecified atom stereocenters. The van der Waals surface area contributed by atoms with Gasteiger partial charge in [0.1, 0.15) is 0 Å². The second-order valence-corrected chi connectivity index (χ2v) is 1.25. The van der Waals surface area contributed by atoms with Crippen molar-refractivity contribution in [3.63, 3.8) is 0 Å². The Morgan fingerprint density at radius 2 is 0.385 bits per heavy atom. The monoisotopic (exact) mass is 198 g/mol. The van der Waals surface area contributed by atoms with Gasteiger partial charge in [-0.15, -0.1) is 0 Å². The number of rotatable bonds is 0. The molecule has 2 aliphatic rings. The van der Waals surface area contributed by atoms with Crippen molar-refractivity contribution in [3.05, 3.63) is 79.1 Å². The zero-order valence-electron chi connectivity index (χ0n) is 7.50. The molecule has 0 bridgehead atoms. The van der Waals surface area contributed by atoms with Crippen LogP contribution in [-0.4, -0.2) is 0 Å². The third kappa shape index (κ3) is 12.7. The van der Waals surface area contributed by atoms with Crippen LogP contribution in [0, 0.1) is 79.1 Å². The Hall–Kier alpha value is 0.714. The van der Waals surface area contributed by atoms with E-state index in [1.54, 1.807) is 0 Å². The van der Waals surface area contributed by atoms with Crippen molar-refractivity contribution in [2.45, 2.75) is 0 Å². The molecular formula is C12H6Ti. The van der Waals surface area contributed by atoms with Gasteiger partial charge in [-0.1, -0.05) is 0 Å². The van der Waals surface area contributed by atoms with Crippen LogP contribution in [0.4, 0.5) is 0 Å². The Morgan fingerprint density at radius 1 is 0.308 bits per heavy atom. The molecular weight excluding hydrogens is 192 g/mol. The minimum Gasteiger partial charge on any atom is -0.358 e. The van der Waals surface area contributed by atoms with E-state index in [4.69, 9.17) is 0 Å². The van der Waals surface area contributed by atoms with Crippen molar-refractivity contribution >= 4 is 0 Å². The molecule has 13 heavy (non-hydrogen) atoms. The molecule has 20 radical (unpaired) electrons. The van der Waals surface area contributed by atoms with Crippen molar-refractivity contribution in [2.75, 3.05) is 0 Å². The van der Waals surface area contributed by atoms with Gasteiger partial charge < -0.3 is 14.9 Å². The molecule has 0 nitrogen and oxygen atoms in total. The summed E-state index contributed by atoms with van der Waals surface area (Å²) in [6.07, 6.45) is 25.0. The standard InChI is InChI=1S/2C5.2CH3.Ti/c2*1-2-4-5-3-1;;;/h;;2*1H3;/q;;2*-1;+2. The quantitative estimate of drug-likeness (QED) is 0.410. The average Bonchev–Trinajstić information content (AvgIpc) is 2.67. The Kier molecular flexibility index (Phi) is 22.6. The molecule has 0 heterocycles. The van der Waals surface area contributed by atoms with Crippen LogP contribution in [0.25, 0.3) is 0 Å². The molecule has 58 valence electrons. The van der Waals surface area contributed by atoms with Crippen molar-refractivity contribution in [1.29, 1.82) is 0 Å². The van der Waals surface area contributed by atoms with Crippen molar-refractivity contribution in [3.8, 4) is 0 Å². The van der Waals surface area contributed by atoms with Crippen LogP contribution >= 0.6 is 0 Å². The molecule has 2 rings (SSSR count). The summed E-state index contributed by atoms with van der Waals surface area (Å²) >= 11 is 0. The van der Waals surface area contributed by atoms with Gasteiger partial charge in [-0.2, -0.15) is 0 Å². The first-order chi connectivity index (χ1) is 5.00. The molecule has 0 atom stereocenters. The van der Waals surface area contributed by atoms with E-state index in [2.05, 4.69) is 64.2 Å². The minimum atomic E-state index is 0. The Bertz CT molecular complexity index is 38.3. The van der Waals surface area contributed by atoms with Crippen LogP contribution in [-0.2, 0) is 21.7 Å². The Morgan fingerprint density at radius 3 is 0.462 bits per heavy atom. The van der Waals surface area contributed by atoms with Gasteiger partial charge in [0.2, 0.25) is 0 Å². The molecule has 2 fully saturated rings. The second-order valence-electron chi connectivity index (χ2n) is 1.25. The summed E-state index contributed by atoms with van der Waals surface area (Å²) in [6, 6.07) is 0. The molecule has 0 aromatic heterocycles. The van der Waals surface area contributed by atoms with E-state index in [-0.39, 0.29) is 36.6 Å². The van der Waals surface area contributed by atoms with E-state index in [9.17, 15) is 0 Å². The van der Waals surface area contributed by atoms with Gasteiger partial charge >= 0.3 is 21.7 Å². The largest absolute Gasteiger partial charge is 2.00 e. The van der Waals surface area contributed by atoms with Gasteiger partial charge in [-0.25, -0.2) is 0 Å². The number of hydrogen-bond donors (Lipinski definition) is 0. The number of hydrogen-bond acceptors (Lipinski definition) is 0. The molecule has 2 aliphatic carbocycles. The molecule has 2 saturated carbocycles. The predicted molar refractivity (Wildman–Crippen MR) is 45.3 cm³/mol. The van der Waals surface area contributed by atoms with E-state index >= 15 is 0 Å². The van der Waals surface area contributed by atoms with E-state index < -0.39 is 0 Å². The smallest absolute Gasteiger partial charge is 0.358 e. The molecule has 0 aromatic rings. The van der Waals surface area contributed by atoms with Gasteiger partial charge in [0.15, 0.2) is 0 Å². The third-order valence-electron chi connectivity index (χ3n) is 0.625. The molecule has 1 heteroatoms. The Labute approximate surface area is 101 Å². The van der Waals surface area contributed by atoms with E-state index in [1.807, 2.05) is 0 Å². The normalized spacial score (nSPS) is 18.5. The van der Waals surface area contributed by atoms with E-state index in [1.165, 1.54) is 0 Å². The van der Waals surface area contributed by atoms with Crippen molar-refractivity contribution < 1.29 is 21.7 Å². The van der Waals surface area contributed by atoms with Gasteiger partial charge in [0, 0.05) is 64.2 Å². The molecule has 0 spiro atoms. The van der Waals surface area contributed by atoms with E-state index in [0.29, 0.717) is 0 Å². The fraction of sp³-hybridized carbons (Fsp3) is 0. The first kappa shape index (κ1) is 19.3. The van der Waals surface area contributed by atoms with E-state index in [0.717, 1.165) is 0 Å². The molecule has 0 aliphatic heterocycles. The summed E-state index contributed by atoms with van der Waals surface area (Å²) in [7, 11) is 0. The maximum atomic E-state index is 2.50. The van der Waals surface area contributed by atoms with Crippen LogP contribution in [0.1, 0.15) is 0 Å². The fourth-order valence-corrected chi connectivity index (χ4v) is 0.312. The zero-order valence-corrected chi connectivity index (χ0v) is 9.06. The van der Waals surface area contributed by atoms with Gasteiger partial charge in [0.05, 0.1) is 0 Å². The minimum absolute atomic E-state index is 0. The summed E-state index contributed by atoms with van der Waals surface area (Å²) in [5.41, 5.74) is 0. The zero-order chi connectivity index (χ0) is 7.07. The average molecular weight is 198 g/mol. The second kappa shape index (κ2) is 15.2. The van der Waals surface area contributed by atoms with Crippen LogP contribution in [0.5, 0.6) is 0 Å². The van der Waals surface area contributed by atoms with Gasteiger partial charge in [0.25, 0.3) is 0 Å². The molecule has 0 amide bonds. The predicted octanol–water partition coefficient (Wildman–Crippen LogP) is 1.71. The van der Waals surface area contributed by atoms with Crippen LogP contribution in [0.2, 0.25) is 0 Å². The van der Waals surface area contributed by atoms with Crippen molar-refractivity contribution in [1.82, 2.24) is 0 Å². The summed E-state index contributed by atoms with van der Waals surface area (Å²) in [4.78, 5) is 0. The fourth-order valence-electron chi connectivity index (χ4n) is 0.312. The van der Waals surface area contributed by atoms with Gasteiger partial charge in [-0.05, 0) is 0 Å². The van der Waals surface area contributed by atoms with Crippen molar-refractivity contribution in [2.24, 2.45) is 0 Å². The summed E-state index contributed by atoms with van der Waals surface area (Å²) in [5, 5.41) is 0. The molecule has 0 saturated heterocycles. The molecule has 0 N–H and O–H groups in total. The first-order valence-electron chi connectivity index (χ1n) is 2.50. The van der Waals surface area contributed by atoms with Crippen LogP contribution in [0.3, 0.4) is 0 Å². The summed E-state index contributed by atoms with van der Waals surface area (Å²) < 4.78 is 0. The Balaban J connectivity index is -0.000000125. The third-order valence-corrected chi connectivity index (χ3v) is 0.625. The van der Waals surface area contributed by atoms with Crippen LogP contribution in [0.15, 0.2) is 0 Å². The maximum Gasteiger partial charge on any atom is 2.00 e. The molecule has 0 aromatic carbocycles. The maximum absolute atomic E-state index is 2.50. The topological polar surface area (TPSA) is 0 Å². The first-order valence-corrected chi connectivity index (χ1v) is 2.50. The van der Waals surface area contributed by atoms with Gasteiger partial charge in [-0.3, -0.25) is 0 Å². The van der Waals surface area contributed by atoms with Crippen LogP contribution < -0.4 is 0 Å². The summed E-state index contributed by atoms with van der Waals surface area (Å²) in [5.74, 6) is 0. The SMILES string of the molecule is [CH3-].[CH3-].[C]1[C][C][C][C]1.[C]1[C][C][C][C]1.[Ti+2]. The summed E-state index contributed by atoms with van der Waals surface area (Å²) in [6.45, 7) is 0.